The molecule has 1 aliphatic rings. The molecule has 1 N–H and O–H groups in total. The molecule has 7 nitrogen and oxygen atoms in total. The minimum Gasteiger partial charge on any atom is -0.497 e. The van der Waals surface area contributed by atoms with Gasteiger partial charge >= 0.3 is 0 Å². The molecule has 3 aromatic rings. The number of methoxy groups -OCH3 is 2. The smallest absolute Gasteiger partial charge is 0.255 e. The van der Waals surface area contributed by atoms with Gasteiger partial charge in [0.2, 0.25) is 0 Å². The van der Waals surface area contributed by atoms with Crippen LogP contribution in [0.5, 0.6) is 11.5 Å². The van der Waals surface area contributed by atoms with Crippen molar-refractivity contribution >= 4 is 16.9 Å². The van der Waals surface area contributed by atoms with E-state index in [0.29, 0.717) is 29.2 Å². The highest BCUT2D eigenvalue weighted by Gasteiger charge is 2.23. The first-order chi connectivity index (χ1) is 14.7. The largest absolute Gasteiger partial charge is 0.497 e. The van der Waals surface area contributed by atoms with E-state index in [9.17, 15) is 4.79 Å². The number of nitrogens with one attached hydrogen (secondary N) is 1. The molecule has 0 saturated carbocycles. The zero-order valence-corrected chi connectivity index (χ0v) is 17.3. The van der Waals surface area contributed by atoms with Crippen LogP contribution < -0.4 is 14.8 Å². The van der Waals surface area contributed by atoms with E-state index in [4.69, 9.17) is 18.6 Å². The molecule has 1 fully saturated rings. The molecule has 7 heteroatoms. The second-order valence-electron chi connectivity index (χ2n) is 7.11. The SMILES string of the molecule is COc1ccc(-c2oc3ccc(OC)cc3c2C(=O)NCCN2CCOCC2)cc1. The van der Waals surface area contributed by atoms with Crippen molar-refractivity contribution in [1.29, 1.82) is 0 Å². The van der Waals surface area contributed by atoms with Crippen molar-refractivity contribution in [3.63, 3.8) is 0 Å². The van der Waals surface area contributed by atoms with Crippen LogP contribution in [0.15, 0.2) is 46.9 Å². The first-order valence-electron chi connectivity index (χ1n) is 10.0. The highest BCUT2D eigenvalue weighted by molar-refractivity contribution is 6.11. The summed E-state index contributed by atoms with van der Waals surface area (Å²) in [6, 6.07) is 13.0. The molecule has 2 aromatic carbocycles. The molecule has 0 atom stereocenters. The Bertz CT molecular complexity index is 1010. The van der Waals surface area contributed by atoms with E-state index in [-0.39, 0.29) is 5.91 Å². The number of rotatable bonds is 7. The second kappa shape index (κ2) is 9.19. The Morgan fingerprint density at radius 1 is 1.03 bits per heavy atom. The van der Waals surface area contributed by atoms with Crippen molar-refractivity contribution in [2.75, 3.05) is 53.6 Å². The standard InChI is InChI=1S/C23H26N2O5/c1-27-17-5-3-16(4-6-17)22-21(19-15-18(28-2)7-8-20(19)30-22)23(26)24-9-10-25-11-13-29-14-12-25/h3-8,15H,9-14H2,1-2H3,(H,24,26). The molecule has 30 heavy (non-hydrogen) atoms. The van der Waals surface area contributed by atoms with E-state index in [1.165, 1.54) is 0 Å². The summed E-state index contributed by atoms with van der Waals surface area (Å²) in [5.74, 6) is 1.78. The van der Waals surface area contributed by atoms with E-state index >= 15 is 0 Å². The molecular weight excluding hydrogens is 384 g/mol. The van der Waals surface area contributed by atoms with Crippen LogP contribution in [0.1, 0.15) is 10.4 Å². The average molecular weight is 410 g/mol. The second-order valence-corrected chi connectivity index (χ2v) is 7.11. The summed E-state index contributed by atoms with van der Waals surface area (Å²) in [5, 5.41) is 3.77. The zero-order valence-electron chi connectivity index (χ0n) is 17.3. The number of fused-ring (bicyclic) bond motifs is 1. The minimum absolute atomic E-state index is 0.166. The predicted octanol–water partition coefficient (Wildman–Crippen LogP) is 3.18. The summed E-state index contributed by atoms with van der Waals surface area (Å²) in [5.41, 5.74) is 1.96. The third-order valence-electron chi connectivity index (χ3n) is 5.29. The lowest BCUT2D eigenvalue weighted by Gasteiger charge is -2.26. The van der Waals surface area contributed by atoms with Crippen LogP contribution in [0, 0.1) is 0 Å². The molecule has 0 bridgehead atoms. The lowest BCUT2D eigenvalue weighted by molar-refractivity contribution is 0.0383. The Hall–Kier alpha value is -3.03. The van der Waals surface area contributed by atoms with Gasteiger partial charge in [0.1, 0.15) is 22.8 Å². The number of hydrogen-bond acceptors (Lipinski definition) is 6. The maximum Gasteiger partial charge on any atom is 0.255 e. The molecule has 0 spiro atoms. The number of carbonyl (C=O) groups is 1. The molecule has 1 aromatic heterocycles. The maximum absolute atomic E-state index is 13.2. The van der Waals surface area contributed by atoms with E-state index in [1.54, 1.807) is 14.2 Å². The lowest BCUT2D eigenvalue weighted by Crippen LogP contribution is -2.41. The number of nitrogens with zero attached hydrogens (tertiary/aromatic N) is 1. The number of benzene rings is 2. The quantitative estimate of drug-likeness (QED) is 0.645. The number of amides is 1. The first kappa shape index (κ1) is 20.3. The highest BCUT2D eigenvalue weighted by Crippen LogP contribution is 2.36. The van der Waals surface area contributed by atoms with E-state index in [0.717, 1.165) is 49.5 Å². The molecule has 1 amide bonds. The van der Waals surface area contributed by atoms with Crippen molar-refractivity contribution in [2.24, 2.45) is 0 Å². The van der Waals surface area contributed by atoms with Gasteiger partial charge in [0.15, 0.2) is 0 Å². The van der Waals surface area contributed by atoms with Gasteiger partial charge in [0, 0.05) is 37.1 Å². The van der Waals surface area contributed by atoms with Gasteiger partial charge in [0.05, 0.1) is 33.0 Å². The van der Waals surface area contributed by atoms with E-state index in [1.807, 2.05) is 42.5 Å². The summed E-state index contributed by atoms with van der Waals surface area (Å²) < 4.78 is 22.1. The monoisotopic (exact) mass is 410 g/mol. The average Bonchev–Trinajstić information content (AvgIpc) is 3.18. The molecule has 0 radical (unpaired) electrons. The Kier molecular flexibility index (Phi) is 6.21. The highest BCUT2D eigenvalue weighted by atomic mass is 16.5. The van der Waals surface area contributed by atoms with Crippen LogP contribution in [0.25, 0.3) is 22.3 Å². The van der Waals surface area contributed by atoms with Crippen molar-refractivity contribution < 1.29 is 23.4 Å². The van der Waals surface area contributed by atoms with Crippen molar-refractivity contribution in [1.82, 2.24) is 10.2 Å². The molecule has 0 aliphatic carbocycles. The zero-order chi connectivity index (χ0) is 20.9. The Labute approximate surface area is 175 Å². The van der Waals surface area contributed by atoms with Crippen LogP contribution in [0.2, 0.25) is 0 Å². The number of morpholine rings is 1. The van der Waals surface area contributed by atoms with Crippen LogP contribution in [0.4, 0.5) is 0 Å². The Balaban J connectivity index is 1.63. The van der Waals surface area contributed by atoms with Gasteiger partial charge in [-0.3, -0.25) is 9.69 Å². The molecular formula is C23H26N2O5. The fraction of sp³-hybridized carbons (Fsp3) is 0.348. The third kappa shape index (κ3) is 4.27. The van der Waals surface area contributed by atoms with Gasteiger partial charge < -0.3 is 23.9 Å². The van der Waals surface area contributed by atoms with Crippen molar-refractivity contribution in [2.45, 2.75) is 0 Å². The number of ether oxygens (including phenoxy) is 3. The van der Waals surface area contributed by atoms with Gasteiger partial charge in [-0.05, 0) is 42.5 Å². The summed E-state index contributed by atoms with van der Waals surface area (Å²) in [7, 11) is 3.23. The van der Waals surface area contributed by atoms with Crippen LogP contribution >= 0.6 is 0 Å². The number of hydrogen-bond donors (Lipinski definition) is 1. The van der Waals surface area contributed by atoms with Gasteiger partial charge in [-0.2, -0.15) is 0 Å². The molecule has 2 heterocycles. The minimum atomic E-state index is -0.166. The van der Waals surface area contributed by atoms with Crippen LogP contribution in [-0.2, 0) is 4.74 Å². The van der Waals surface area contributed by atoms with Gasteiger partial charge in [-0.15, -0.1) is 0 Å². The van der Waals surface area contributed by atoms with E-state index in [2.05, 4.69) is 10.2 Å². The first-order valence-corrected chi connectivity index (χ1v) is 10.0. The molecule has 0 unspecified atom stereocenters. The normalized spacial score (nSPS) is 14.6. The third-order valence-corrected chi connectivity index (χ3v) is 5.29. The summed E-state index contributed by atoms with van der Waals surface area (Å²) in [6.45, 7) is 4.59. The van der Waals surface area contributed by atoms with Gasteiger partial charge in [-0.1, -0.05) is 0 Å². The molecule has 1 saturated heterocycles. The van der Waals surface area contributed by atoms with Crippen molar-refractivity contribution in [3.05, 3.63) is 48.0 Å². The van der Waals surface area contributed by atoms with Crippen LogP contribution in [-0.4, -0.2) is 64.4 Å². The maximum atomic E-state index is 13.2. The number of furan rings is 1. The Morgan fingerprint density at radius 2 is 1.73 bits per heavy atom. The fourth-order valence-electron chi connectivity index (χ4n) is 3.62. The lowest BCUT2D eigenvalue weighted by atomic mass is 10.0. The predicted molar refractivity (Wildman–Crippen MR) is 114 cm³/mol. The fourth-order valence-corrected chi connectivity index (χ4v) is 3.62. The molecule has 1 aliphatic heterocycles. The number of carbonyl (C=O) groups excluding carboxylic acids is 1. The summed E-state index contributed by atoms with van der Waals surface area (Å²) >= 11 is 0. The summed E-state index contributed by atoms with van der Waals surface area (Å²) in [6.07, 6.45) is 0. The molecule has 4 rings (SSSR count). The summed E-state index contributed by atoms with van der Waals surface area (Å²) in [4.78, 5) is 15.5. The molecule has 158 valence electrons. The topological polar surface area (TPSA) is 73.2 Å². The van der Waals surface area contributed by atoms with Gasteiger partial charge in [0.25, 0.3) is 5.91 Å². The van der Waals surface area contributed by atoms with Gasteiger partial charge in [-0.25, -0.2) is 0 Å². The van der Waals surface area contributed by atoms with Crippen molar-refractivity contribution in [3.8, 4) is 22.8 Å². The van der Waals surface area contributed by atoms with Crippen LogP contribution in [0.3, 0.4) is 0 Å². The van der Waals surface area contributed by atoms with E-state index < -0.39 is 0 Å². The Morgan fingerprint density at radius 3 is 2.43 bits per heavy atom.